The second kappa shape index (κ2) is 6.23. The molecule has 0 aliphatic rings. The summed E-state index contributed by atoms with van der Waals surface area (Å²) in [5.74, 6) is 0.862. The van der Waals surface area contributed by atoms with Crippen molar-refractivity contribution in [3.05, 3.63) is 54.4 Å². The Hall–Kier alpha value is -2.03. The van der Waals surface area contributed by atoms with Gasteiger partial charge < -0.3 is 5.32 Å². The van der Waals surface area contributed by atoms with E-state index >= 15 is 0 Å². The van der Waals surface area contributed by atoms with Gasteiger partial charge in [0, 0.05) is 18.4 Å². The molecule has 2 aromatic rings. The zero-order valence-corrected chi connectivity index (χ0v) is 11.7. The zero-order chi connectivity index (χ0) is 13.7. The van der Waals surface area contributed by atoms with Crippen molar-refractivity contribution < 1.29 is 0 Å². The summed E-state index contributed by atoms with van der Waals surface area (Å²) < 4.78 is 2.08. The van der Waals surface area contributed by atoms with E-state index in [1.54, 1.807) is 0 Å². The first-order valence-electron chi connectivity index (χ1n) is 6.74. The predicted octanol–water partition coefficient (Wildman–Crippen LogP) is 3.73. The fraction of sp³-hybridized carbons (Fsp3) is 0.312. The van der Waals surface area contributed by atoms with Crippen LogP contribution in [0.2, 0.25) is 0 Å². The van der Waals surface area contributed by atoms with Gasteiger partial charge in [0.15, 0.2) is 0 Å². The molecule has 3 heteroatoms. The van der Waals surface area contributed by atoms with Gasteiger partial charge in [-0.1, -0.05) is 31.6 Å². The van der Waals surface area contributed by atoms with Gasteiger partial charge in [-0.25, -0.2) is 4.98 Å². The molecule has 100 valence electrons. The number of aryl methyl sites for hydroxylation is 2. The van der Waals surface area contributed by atoms with Gasteiger partial charge in [0.05, 0.1) is 5.69 Å². The van der Waals surface area contributed by atoms with Gasteiger partial charge in [0.2, 0.25) is 5.95 Å². The van der Waals surface area contributed by atoms with Crippen molar-refractivity contribution in [1.82, 2.24) is 9.55 Å². The zero-order valence-electron chi connectivity index (χ0n) is 11.7. The highest BCUT2D eigenvalue weighted by molar-refractivity contribution is 5.44. The molecule has 0 unspecified atom stereocenters. The maximum atomic E-state index is 4.49. The van der Waals surface area contributed by atoms with E-state index in [9.17, 15) is 0 Å². The summed E-state index contributed by atoms with van der Waals surface area (Å²) >= 11 is 0. The molecular weight excluding hydrogens is 234 g/mol. The van der Waals surface area contributed by atoms with Crippen LogP contribution in [0.25, 0.3) is 5.69 Å². The van der Waals surface area contributed by atoms with Crippen molar-refractivity contribution in [2.75, 3.05) is 11.9 Å². The molecule has 0 spiro atoms. The molecule has 1 aromatic heterocycles. The highest BCUT2D eigenvalue weighted by Crippen LogP contribution is 2.17. The number of nitrogens with one attached hydrogen (secondary N) is 1. The second-order valence-corrected chi connectivity index (χ2v) is 4.66. The molecule has 0 aliphatic heterocycles. The van der Waals surface area contributed by atoms with E-state index in [0.717, 1.165) is 23.8 Å². The smallest absolute Gasteiger partial charge is 0.207 e. The Morgan fingerprint density at radius 3 is 2.68 bits per heavy atom. The van der Waals surface area contributed by atoms with E-state index in [1.165, 1.54) is 12.0 Å². The average Bonchev–Trinajstić information content (AvgIpc) is 2.79. The third kappa shape index (κ3) is 3.25. The van der Waals surface area contributed by atoms with Crippen LogP contribution < -0.4 is 5.32 Å². The first-order chi connectivity index (χ1) is 9.24. The third-order valence-corrected chi connectivity index (χ3v) is 2.98. The number of benzene rings is 1. The summed E-state index contributed by atoms with van der Waals surface area (Å²) in [5, 5.41) is 3.26. The molecular formula is C16H21N3. The summed E-state index contributed by atoms with van der Waals surface area (Å²) in [6.07, 6.45) is 6.18. The van der Waals surface area contributed by atoms with E-state index in [2.05, 4.69) is 52.6 Å². The molecule has 1 aromatic carbocycles. The van der Waals surface area contributed by atoms with Gasteiger partial charge in [0.25, 0.3) is 0 Å². The first kappa shape index (κ1) is 13.4. The van der Waals surface area contributed by atoms with Crippen LogP contribution in [-0.4, -0.2) is 16.1 Å². The number of rotatable bonds is 6. The van der Waals surface area contributed by atoms with Crippen molar-refractivity contribution in [3.8, 4) is 5.69 Å². The lowest BCUT2D eigenvalue weighted by Crippen LogP contribution is -2.05. The average molecular weight is 255 g/mol. The molecule has 0 fully saturated rings. The summed E-state index contributed by atoms with van der Waals surface area (Å²) in [7, 11) is 0. The van der Waals surface area contributed by atoms with Crippen LogP contribution in [0, 0.1) is 6.92 Å². The minimum absolute atomic E-state index is 0.713. The van der Waals surface area contributed by atoms with E-state index in [-0.39, 0.29) is 0 Å². The van der Waals surface area contributed by atoms with Crippen molar-refractivity contribution in [3.63, 3.8) is 0 Å². The molecule has 0 atom stereocenters. The topological polar surface area (TPSA) is 29.9 Å². The summed E-state index contributed by atoms with van der Waals surface area (Å²) in [6, 6.07) is 8.66. The van der Waals surface area contributed by atoms with Gasteiger partial charge >= 0.3 is 0 Å². The van der Waals surface area contributed by atoms with E-state index in [4.69, 9.17) is 0 Å². The monoisotopic (exact) mass is 255 g/mol. The van der Waals surface area contributed by atoms with Crippen molar-refractivity contribution in [1.29, 1.82) is 0 Å². The van der Waals surface area contributed by atoms with Gasteiger partial charge in [-0.3, -0.25) is 4.57 Å². The van der Waals surface area contributed by atoms with Crippen LogP contribution >= 0.6 is 0 Å². The lowest BCUT2D eigenvalue weighted by atomic mass is 10.1. The highest BCUT2D eigenvalue weighted by atomic mass is 15.2. The number of nitrogens with zero attached hydrogens (tertiary/aromatic N) is 2. The Morgan fingerprint density at radius 1 is 1.32 bits per heavy atom. The molecule has 0 saturated heterocycles. The van der Waals surface area contributed by atoms with Crippen LogP contribution in [0.3, 0.4) is 0 Å². The van der Waals surface area contributed by atoms with Crippen molar-refractivity contribution in [2.24, 2.45) is 0 Å². The number of aromatic nitrogens is 2. The van der Waals surface area contributed by atoms with Gasteiger partial charge in [0.1, 0.15) is 0 Å². The SMILES string of the molecule is C=CCNc1nc(C)cn1-c1ccc(CCC)cc1. The molecule has 3 nitrogen and oxygen atoms in total. The molecule has 2 rings (SSSR count). The molecule has 19 heavy (non-hydrogen) atoms. The van der Waals surface area contributed by atoms with Crippen molar-refractivity contribution >= 4 is 5.95 Å². The predicted molar refractivity (Wildman–Crippen MR) is 81.0 cm³/mol. The van der Waals surface area contributed by atoms with Crippen LogP contribution in [0.1, 0.15) is 24.6 Å². The largest absolute Gasteiger partial charge is 0.352 e. The second-order valence-electron chi connectivity index (χ2n) is 4.66. The third-order valence-electron chi connectivity index (χ3n) is 2.98. The normalized spacial score (nSPS) is 10.4. The molecule has 0 saturated carbocycles. The van der Waals surface area contributed by atoms with E-state index < -0.39 is 0 Å². The Balaban J connectivity index is 2.27. The fourth-order valence-corrected chi connectivity index (χ4v) is 2.09. The van der Waals surface area contributed by atoms with E-state index in [0.29, 0.717) is 6.54 Å². The molecule has 1 heterocycles. The van der Waals surface area contributed by atoms with E-state index in [1.807, 2.05) is 19.2 Å². The number of hydrogen-bond acceptors (Lipinski definition) is 2. The quantitative estimate of drug-likeness (QED) is 0.797. The Morgan fingerprint density at radius 2 is 2.05 bits per heavy atom. The maximum absolute atomic E-state index is 4.49. The fourth-order valence-electron chi connectivity index (χ4n) is 2.09. The van der Waals surface area contributed by atoms with Crippen LogP contribution in [0.15, 0.2) is 43.1 Å². The standard InChI is InChI=1S/C16H21N3/c1-4-6-14-7-9-15(10-8-14)19-12-13(3)18-16(19)17-11-5-2/h5,7-10,12H,2,4,6,11H2,1,3H3,(H,17,18). The summed E-state index contributed by atoms with van der Waals surface area (Å²) in [4.78, 5) is 4.49. The summed E-state index contributed by atoms with van der Waals surface area (Å²) in [5.41, 5.74) is 3.51. The number of imidazole rings is 1. The van der Waals surface area contributed by atoms with Crippen LogP contribution in [-0.2, 0) is 6.42 Å². The summed E-state index contributed by atoms with van der Waals surface area (Å²) in [6.45, 7) is 8.63. The highest BCUT2D eigenvalue weighted by Gasteiger charge is 2.06. The lowest BCUT2D eigenvalue weighted by Gasteiger charge is -2.09. The van der Waals surface area contributed by atoms with Gasteiger partial charge in [-0.2, -0.15) is 0 Å². The minimum atomic E-state index is 0.713. The molecule has 1 N–H and O–H groups in total. The minimum Gasteiger partial charge on any atom is -0.352 e. The number of hydrogen-bond donors (Lipinski definition) is 1. The maximum Gasteiger partial charge on any atom is 0.207 e. The Bertz CT molecular complexity index is 538. The molecule has 0 amide bonds. The first-order valence-corrected chi connectivity index (χ1v) is 6.74. The van der Waals surface area contributed by atoms with Gasteiger partial charge in [-0.15, -0.1) is 6.58 Å². The molecule has 0 radical (unpaired) electrons. The van der Waals surface area contributed by atoms with Crippen LogP contribution in [0.5, 0.6) is 0 Å². The number of anilines is 1. The lowest BCUT2D eigenvalue weighted by molar-refractivity contribution is 0.919. The molecule has 0 bridgehead atoms. The van der Waals surface area contributed by atoms with Crippen molar-refractivity contribution in [2.45, 2.75) is 26.7 Å². The Kier molecular flexibility index (Phi) is 4.39. The van der Waals surface area contributed by atoms with Gasteiger partial charge in [-0.05, 0) is 31.0 Å². The molecule has 0 aliphatic carbocycles. The van der Waals surface area contributed by atoms with Crippen LogP contribution in [0.4, 0.5) is 5.95 Å². The Labute approximate surface area is 115 Å².